The van der Waals surface area contributed by atoms with Gasteiger partial charge in [0.05, 0.1) is 6.04 Å². The summed E-state index contributed by atoms with van der Waals surface area (Å²) in [5.41, 5.74) is 0.682. The fourth-order valence-corrected chi connectivity index (χ4v) is 3.51. The highest BCUT2D eigenvalue weighted by molar-refractivity contribution is 7.99. The van der Waals surface area contributed by atoms with Crippen LogP contribution in [0.15, 0.2) is 47.4 Å². The van der Waals surface area contributed by atoms with Crippen LogP contribution in [0.5, 0.6) is 5.75 Å². The number of benzene rings is 2. The molecule has 1 N–H and O–H groups in total. The average molecular weight is 307 g/mol. The van der Waals surface area contributed by atoms with Crippen molar-refractivity contribution in [3.8, 4) is 5.75 Å². The number of likely N-dealkylation sites (N-methyl/N-ethyl adjacent to an activating group) is 1. The second kappa shape index (κ2) is 6.03. The van der Waals surface area contributed by atoms with Crippen LogP contribution in [-0.4, -0.2) is 18.9 Å². The van der Waals surface area contributed by atoms with E-state index in [4.69, 9.17) is 4.74 Å². The summed E-state index contributed by atoms with van der Waals surface area (Å²) in [6, 6.07) is 11.6. The van der Waals surface area contributed by atoms with Gasteiger partial charge in [0.1, 0.15) is 11.9 Å². The van der Waals surface area contributed by atoms with E-state index in [0.29, 0.717) is 5.56 Å². The van der Waals surface area contributed by atoms with Gasteiger partial charge in [-0.2, -0.15) is 0 Å². The summed E-state index contributed by atoms with van der Waals surface area (Å²) in [5, 5.41) is 3.14. The molecule has 0 spiro atoms. The molecule has 1 heterocycles. The van der Waals surface area contributed by atoms with Gasteiger partial charge >= 0.3 is 0 Å². The summed E-state index contributed by atoms with van der Waals surface area (Å²) in [4.78, 5) is 1.11. The van der Waals surface area contributed by atoms with Gasteiger partial charge in [-0.15, -0.1) is 11.8 Å². The normalized spacial score (nSPS) is 18.7. The van der Waals surface area contributed by atoms with Crippen LogP contribution >= 0.6 is 11.8 Å². The molecule has 0 bridgehead atoms. The molecule has 0 aliphatic carbocycles. The van der Waals surface area contributed by atoms with E-state index in [0.717, 1.165) is 22.5 Å². The van der Waals surface area contributed by atoms with Crippen molar-refractivity contribution in [1.82, 2.24) is 5.32 Å². The Kier molecular flexibility index (Phi) is 4.12. The molecule has 0 saturated heterocycles. The van der Waals surface area contributed by atoms with E-state index in [1.165, 1.54) is 6.07 Å². The highest BCUT2D eigenvalue weighted by Crippen LogP contribution is 2.38. The maximum atomic E-state index is 13.4. The molecule has 110 valence electrons. The van der Waals surface area contributed by atoms with Crippen molar-refractivity contribution < 1.29 is 13.5 Å². The van der Waals surface area contributed by atoms with E-state index in [2.05, 4.69) is 5.32 Å². The Morgan fingerprint density at radius 1 is 1.19 bits per heavy atom. The molecule has 2 unspecified atom stereocenters. The van der Waals surface area contributed by atoms with Gasteiger partial charge < -0.3 is 10.1 Å². The van der Waals surface area contributed by atoms with Crippen molar-refractivity contribution in [3.63, 3.8) is 0 Å². The molecule has 5 heteroatoms. The zero-order chi connectivity index (χ0) is 14.8. The molecule has 2 atom stereocenters. The Bertz CT molecular complexity index is 650. The predicted molar refractivity (Wildman–Crippen MR) is 79.7 cm³/mol. The van der Waals surface area contributed by atoms with Crippen molar-refractivity contribution in [1.29, 1.82) is 0 Å². The van der Waals surface area contributed by atoms with Gasteiger partial charge in [-0.1, -0.05) is 18.2 Å². The third kappa shape index (κ3) is 2.89. The Hall–Kier alpha value is -1.59. The third-order valence-corrected chi connectivity index (χ3v) is 4.66. The molecule has 3 rings (SSSR count). The monoisotopic (exact) mass is 307 g/mol. The average Bonchev–Trinajstić information content (AvgIpc) is 2.51. The van der Waals surface area contributed by atoms with Crippen molar-refractivity contribution >= 4 is 11.8 Å². The number of ether oxygens (including phenoxy) is 1. The van der Waals surface area contributed by atoms with Crippen LogP contribution in [0.25, 0.3) is 0 Å². The minimum Gasteiger partial charge on any atom is -0.486 e. The first-order valence-corrected chi connectivity index (χ1v) is 7.68. The zero-order valence-corrected chi connectivity index (χ0v) is 12.3. The first kappa shape index (κ1) is 14.4. The fourth-order valence-electron chi connectivity index (χ4n) is 2.47. The van der Waals surface area contributed by atoms with E-state index in [9.17, 15) is 8.78 Å². The van der Waals surface area contributed by atoms with Gasteiger partial charge in [0.15, 0.2) is 11.6 Å². The number of hydrogen-bond donors (Lipinski definition) is 1. The molecule has 0 aromatic heterocycles. The summed E-state index contributed by atoms with van der Waals surface area (Å²) in [6.07, 6.45) is -0.139. The van der Waals surface area contributed by atoms with Crippen LogP contribution in [0, 0.1) is 11.6 Å². The molecule has 0 radical (unpaired) electrons. The number of nitrogens with one attached hydrogen (secondary N) is 1. The summed E-state index contributed by atoms with van der Waals surface area (Å²) in [7, 11) is 1.79. The summed E-state index contributed by atoms with van der Waals surface area (Å²) < 4.78 is 32.5. The van der Waals surface area contributed by atoms with Crippen LogP contribution in [0.3, 0.4) is 0 Å². The van der Waals surface area contributed by atoms with E-state index in [-0.39, 0.29) is 12.1 Å². The molecule has 21 heavy (non-hydrogen) atoms. The number of halogens is 2. The summed E-state index contributed by atoms with van der Waals surface area (Å²) in [5.74, 6) is -0.0855. The molecule has 0 fully saturated rings. The van der Waals surface area contributed by atoms with Gasteiger partial charge in [-0.3, -0.25) is 0 Å². The van der Waals surface area contributed by atoms with Crippen molar-refractivity contribution in [2.75, 3.05) is 12.8 Å². The highest BCUT2D eigenvalue weighted by Gasteiger charge is 2.28. The number of hydrogen-bond acceptors (Lipinski definition) is 3. The molecule has 2 aromatic rings. The predicted octanol–water partition coefficient (Wildman–Crippen LogP) is 3.78. The lowest BCUT2D eigenvalue weighted by molar-refractivity contribution is 0.170. The standard InChI is InChI=1S/C16H15F2NOS/c1-19-16(10-6-7-11(17)12(18)8-10)14-9-21-15-5-3-2-4-13(15)20-14/h2-8,14,16,19H,9H2,1H3. The molecular formula is C16H15F2NOS. The van der Waals surface area contributed by atoms with Crippen LogP contribution in [-0.2, 0) is 0 Å². The molecule has 2 aromatic carbocycles. The molecule has 1 aliphatic rings. The second-order valence-electron chi connectivity index (χ2n) is 4.85. The third-order valence-electron chi connectivity index (χ3n) is 3.52. The second-order valence-corrected chi connectivity index (χ2v) is 5.92. The molecule has 0 amide bonds. The number of para-hydroxylation sites is 1. The van der Waals surface area contributed by atoms with Crippen LogP contribution in [0.1, 0.15) is 11.6 Å². The number of rotatable bonds is 3. The minimum absolute atomic E-state index is 0.139. The minimum atomic E-state index is -0.836. The Balaban J connectivity index is 1.86. The topological polar surface area (TPSA) is 21.3 Å². The van der Waals surface area contributed by atoms with Crippen molar-refractivity contribution in [2.45, 2.75) is 17.0 Å². The summed E-state index contributed by atoms with van der Waals surface area (Å²) >= 11 is 1.71. The van der Waals surface area contributed by atoms with Gasteiger partial charge in [-0.25, -0.2) is 8.78 Å². The maximum Gasteiger partial charge on any atom is 0.159 e. The maximum absolute atomic E-state index is 13.4. The lowest BCUT2D eigenvalue weighted by atomic mass is 10.0. The molecule has 1 aliphatic heterocycles. The lowest BCUT2D eigenvalue weighted by Crippen LogP contribution is -2.37. The Labute approximate surface area is 126 Å². The smallest absolute Gasteiger partial charge is 0.159 e. The Morgan fingerprint density at radius 2 is 2.00 bits per heavy atom. The largest absolute Gasteiger partial charge is 0.486 e. The first-order valence-electron chi connectivity index (χ1n) is 6.69. The lowest BCUT2D eigenvalue weighted by Gasteiger charge is -2.32. The Morgan fingerprint density at radius 3 is 2.76 bits per heavy atom. The fraction of sp³-hybridized carbons (Fsp3) is 0.250. The van der Waals surface area contributed by atoms with Crippen LogP contribution in [0.2, 0.25) is 0 Å². The van der Waals surface area contributed by atoms with Gasteiger partial charge in [0.25, 0.3) is 0 Å². The summed E-state index contributed by atoms with van der Waals surface area (Å²) in [6.45, 7) is 0. The number of thioether (sulfide) groups is 1. The van der Waals surface area contributed by atoms with Crippen molar-refractivity contribution in [2.24, 2.45) is 0 Å². The van der Waals surface area contributed by atoms with Gasteiger partial charge in [0, 0.05) is 10.6 Å². The van der Waals surface area contributed by atoms with E-state index in [1.807, 2.05) is 24.3 Å². The molecular weight excluding hydrogens is 292 g/mol. The molecule has 2 nitrogen and oxygen atoms in total. The van der Waals surface area contributed by atoms with E-state index < -0.39 is 11.6 Å². The zero-order valence-electron chi connectivity index (χ0n) is 11.5. The van der Waals surface area contributed by atoms with Gasteiger partial charge in [-0.05, 0) is 36.9 Å². The van der Waals surface area contributed by atoms with E-state index >= 15 is 0 Å². The first-order chi connectivity index (χ1) is 10.2. The van der Waals surface area contributed by atoms with Crippen LogP contribution in [0.4, 0.5) is 8.78 Å². The van der Waals surface area contributed by atoms with Crippen LogP contribution < -0.4 is 10.1 Å². The SMILES string of the molecule is CNC(c1ccc(F)c(F)c1)C1CSc2ccccc2O1. The quantitative estimate of drug-likeness (QED) is 0.932. The van der Waals surface area contributed by atoms with Gasteiger partial charge in [0.2, 0.25) is 0 Å². The van der Waals surface area contributed by atoms with Crippen molar-refractivity contribution in [3.05, 3.63) is 59.7 Å². The highest BCUT2D eigenvalue weighted by atomic mass is 32.2. The van der Waals surface area contributed by atoms with E-state index in [1.54, 1.807) is 24.9 Å². The molecule has 0 saturated carbocycles. The number of fused-ring (bicyclic) bond motifs is 1.